The molecule has 0 radical (unpaired) electrons. The van der Waals surface area contributed by atoms with Crippen molar-refractivity contribution in [1.82, 2.24) is 16.0 Å². The Balaban J connectivity index is 3.51. The number of aliphatic carboxylic acids is 1. The monoisotopic (exact) mass is 249 g/mol. The summed E-state index contributed by atoms with van der Waals surface area (Å²) in [4.78, 5) is 32.1. The summed E-state index contributed by atoms with van der Waals surface area (Å²) < 4.78 is 0. The highest BCUT2D eigenvalue weighted by Crippen LogP contribution is 1.70. The molecule has 0 aromatic carbocycles. The molecule has 0 saturated carbocycles. The summed E-state index contributed by atoms with van der Waals surface area (Å²) in [6, 6.07) is 0. The highest BCUT2D eigenvalue weighted by molar-refractivity contribution is 7.80. The van der Waals surface area contributed by atoms with E-state index in [9.17, 15) is 14.4 Å². The zero-order valence-corrected chi connectivity index (χ0v) is 9.55. The highest BCUT2D eigenvalue weighted by atomic mass is 32.1. The summed E-state index contributed by atoms with van der Waals surface area (Å²) in [6.45, 7) is 0.0236. The molecule has 0 bridgehead atoms. The standard InChI is InChI=1S/C8H15N3O4S/c12-6(3-9-1-2-16)10-4-7(13)11-5-8(14)15/h9,16H,1-5H2,(H,10,12)(H,11,13)(H,14,15). The van der Waals surface area contributed by atoms with Crippen LogP contribution in [0.15, 0.2) is 0 Å². The van der Waals surface area contributed by atoms with Crippen molar-refractivity contribution in [3.63, 3.8) is 0 Å². The van der Waals surface area contributed by atoms with Gasteiger partial charge in [-0.1, -0.05) is 0 Å². The number of amides is 2. The van der Waals surface area contributed by atoms with Gasteiger partial charge in [0.15, 0.2) is 0 Å². The molecule has 0 aliphatic carbocycles. The quantitative estimate of drug-likeness (QED) is 0.248. The zero-order chi connectivity index (χ0) is 12.4. The lowest BCUT2D eigenvalue weighted by atomic mass is 10.5. The Labute approximate surface area is 98.4 Å². The largest absolute Gasteiger partial charge is 0.480 e. The Hall–Kier alpha value is -1.28. The van der Waals surface area contributed by atoms with Gasteiger partial charge in [-0.15, -0.1) is 0 Å². The van der Waals surface area contributed by atoms with E-state index < -0.39 is 18.4 Å². The first-order valence-electron chi connectivity index (χ1n) is 4.63. The molecule has 0 aromatic heterocycles. The fraction of sp³-hybridized carbons (Fsp3) is 0.625. The summed E-state index contributed by atoms with van der Waals surface area (Å²) in [6.07, 6.45) is 0. The minimum atomic E-state index is -1.13. The molecule has 0 aliphatic rings. The Morgan fingerprint density at radius 1 is 1.00 bits per heavy atom. The van der Waals surface area contributed by atoms with Crippen LogP contribution in [0.25, 0.3) is 0 Å². The van der Waals surface area contributed by atoms with Crippen molar-refractivity contribution in [2.75, 3.05) is 31.9 Å². The van der Waals surface area contributed by atoms with Crippen LogP contribution in [0.2, 0.25) is 0 Å². The molecule has 0 rings (SSSR count). The van der Waals surface area contributed by atoms with Crippen LogP contribution in [-0.2, 0) is 14.4 Å². The second-order valence-corrected chi connectivity index (χ2v) is 3.29. The van der Waals surface area contributed by atoms with E-state index in [4.69, 9.17) is 5.11 Å². The van der Waals surface area contributed by atoms with Crippen LogP contribution in [0.5, 0.6) is 0 Å². The van der Waals surface area contributed by atoms with Crippen LogP contribution in [0, 0.1) is 0 Å². The van der Waals surface area contributed by atoms with Crippen LogP contribution in [-0.4, -0.2) is 54.8 Å². The molecule has 0 aliphatic heterocycles. The van der Waals surface area contributed by atoms with E-state index >= 15 is 0 Å². The number of hydrogen-bond acceptors (Lipinski definition) is 5. The molecule has 8 heteroatoms. The van der Waals surface area contributed by atoms with Crippen LogP contribution < -0.4 is 16.0 Å². The third-order valence-corrected chi connectivity index (χ3v) is 1.68. The van der Waals surface area contributed by atoms with Crippen molar-refractivity contribution in [2.24, 2.45) is 0 Å². The van der Waals surface area contributed by atoms with Gasteiger partial charge in [0.25, 0.3) is 0 Å². The molecule has 0 heterocycles. The number of carboxylic acid groups (broad SMARTS) is 1. The molecule has 0 fully saturated rings. The van der Waals surface area contributed by atoms with Crippen molar-refractivity contribution in [1.29, 1.82) is 0 Å². The first-order valence-corrected chi connectivity index (χ1v) is 5.26. The summed E-state index contributed by atoms with van der Waals surface area (Å²) in [5.41, 5.74) is 0. The third kappa shape index (κ3) is 9.28. The fourth-order valence-corrected chi connectivity index (χ4v) is 0.917. The topological polar surface area (TPSA) is 108 Å². The lowest BCUT2D eigenvalue weighted by Crippen LogP contribution is -2.42. The number of hydrogen-bond donors (Lipinski definition) is 5. The van der Waals surface area contributed by atoms with Crippen molar-refractivity contribution < 1.29 is 19.5 Å². The van der Waals surface area contributed by atoms with E-state index in [2.05, 4.69) is 28.6 Å². The number of thiol groups is 1. The Morgan fingerprint density at radius 2 is 1.56 bits per heavy atom. The molecular formula is C8H15N3O4S. The van der Waals surface area contributed by atoms with Crippen LogP contribution in [0.1, 0.15) is 0 Å². The van der Waals surface area contributed by atoms with Crippen molar-refractivity contribution >= 4 is 30.4 Å². The lowest BCUT2D eigenvalue weighted by molar-refractivity contribution is -0.137. The van der Waals surface area contributed by atoms with E-state index in [1.807, 2.05) is 0 Å². The first-order chi connectivity index (χ1) is 7.56. The molecule has 4 N–H and O–H groups in total. The van der Waals surface area contributed by atoms with Gasteiger partial charge in [0.1, 0.15) is 6.54 Å². The summed E-state index contributed by atoms with van der Waals surface area (Å²) in [5.74, 6) is -1.38. The van der Waals surface area contributed by atoms with E-state index in [0.29, 0.717) is 12.3 Å². The second kappa shape index (κ2) is 8.98. The van der Waals surface area contributed by atoms with Crippen LogP contribution in [0.3, 0.4) is 0 Å². The fourth-order valence-electron chi connectivity index (χ4n) is 0.759. The molecule has 0 unspecified atom stereocenters. The van der Waals surface area contributed by atoms with Gasteiger partial charge in [-0.25, -0.2) is 0 Å². The second-order valence-electron chi connectivity index (χ2n) is 2.85. The molecular weight excluding hydrogens is 234 g/mol. The number of nitrogens with one attached hydrogen (secondary N) is 3. The molecule has 0 atom stereocenters. The normalized spacial score (nSPS) is 9.56. The minimum Gasteiger partial charge on any atom is -0.480 e. The van der Waals surface area contributed by atoms with Gasteiger partial charge in [0, 0.05) is 12.3 Å². The van der Waals surface area contributed by atoms with Crippen molar-refractivity contribution in [2.45, 2.75) is 0 Å². The van der Waals surface area contributed by atoms with Crippen molar-refractivity contribution in [3.05, 3.63) is 0 Å². The molecule has 16 heavy (non-hydrogen) atoms. The SMILES string of the molecule is O=C(O)CNC(=O)CNC(=O)CNCCS. The molecule has 7 nitrogen and oxygen atoms in total. The predicted octanol–water partition coefficient (Wildman–Crippen LogP) is -2.18. The molecule has 92 valence electrons. The Kier molecular flexibility index (Phi) is 8.26. The van der Waals surface area contributed by atoms with E-state index in [1.165, 1.54) is 0 Å². The third-order valence-electron chi connectivity index (χ3n) is 1.46. The lowest BCUT2D eigenvalue weighted by Gasteiger charge is -2.05. The maximum Gasteiger partial charge on any atom is 0.322 e. The molecule has 2 amide bonds. The first kappa shape index (κ1) is 14.7. The molecule has 0 spiro atoms. The number of carbonyl (C=O) groups excluding carboxylic acids is 2. The average Bonchev–Trinajstić information content (AvgIpc) is 2.24. The van der Waals surface area contributed by atoms with Gasteiger partial charge >= 0.3 is 5.97 Å². The Morgan fingerprint density at radius 3 is 2.12 bits per heavy atom. The average molecular weight is 249 g/mol. The zero-order valence-electron chi connectivity index (χ0n) is 8.65. The smallest absolute Gasteiger partial charge is 0.322 e. The summed E-state index contributed by atoms with van der Waals surface area (Å²) in [5, 5.41) is 15.5. The predicted molar refractivity (Wildman–Crippen MR) is 60.4 cm³/mol. The maximum absolute atomic E-state index is 11.1. The van der Waals surface area contributed by atoms with Crippen molar-refractivity contribution in [3.8, 4) is 0 Å². The minimum absolute atomic E-state index is 0.104. The molecule has 0 saturated heterocycles. The number of carboxylic acids is 1. The Bertz CT molecular complexity index is 260. The van der Waals surface area contributed by atoms with E-state index in [1.54, 1.807) is 0 Å². The highest BCUT2D eigenvalue weighted by Gasteiger charge is 2.05. The van der Waals surface area contributed by atoms with Gasteiger partial charge in [0.05, 0.1) is 13.1 Å². The summed E-state index contributed by atoms with van der Waals surface area (Å²) >= 11 is 3.94. The van der Waals surface area contributed by atoms with Crippen LogP contribution in [0.4, 0.5) is 0 Å². The van der Waals surface area contributed by atoms with E-state index in [-0.39, 0.29) is 19.0 Å². The van der Waals surface area contributed by atoms with Gasteiger partial charge < -0.3 is 21.1 Å². The van der Waals surface area contributed by atoms with Gasteiger partial charge in [-0.2, -0.15) is 12.6 Å². The number of rotatable bonds is 8. The number of carbonyl (C=O) groups is 3. The van der Waals surface area contributed by atoms with Gasteiger partial charge in [-0.3, -0.25) is 14.4 Å². The molecule has 0 aromatic rings. The van der Waals surface area contributed by atoms with Gasteiger partial charge in [0.2, 0.25) is 11.8 Å². The summed E-state index contributed by atoms with van der Waals surface area (Å²) in [7, 11) is 0. The van der Waals surface area contributed by atoms with Gasteiger partial charge in [-0.05, 0) is 0 Å². The van der Waals surface area contributed by atoms with E-state index in [0.717, 1.165) is 0 Å². The van der Waals surface area contributed by atoms with Crippen LogP contribution >= 0.6 is 12.6 Å². The maximum atomic E-state index is 11.1.